The predicted molar refractivity (Wildman–Crippen MR) is 62.7 cm³/mol. The maximum Gasteiger partial charge on any atom is 0.323 e. The first-order valence-corrected chi connectivity index (χ1v) is 5.97. The molecule has 0 saturated carbocycles. The number of ether oxygens (including phenoxy) is 2. The lowest BCUT2D eigenvalue weighted by molar-refractivity contribution is -0.168. The lowest BCUT2D eigenvalue weighted by atomic mass is 9.87. The summed E-state index contributed by atoms with van der Waals surface area (Å²) in [6, 6.07) is 0. The average molecular weight is 246 g/mol. The highest BCUT2D eigenvalue weighted by Crippen LogP contribution is 2.24. The van der Waals surface area contributed by atoms with Crippen LogP contribution in [0.5, 0.6) is 0 Å². The molecule has 1 unspecified atom stereocenters. The molecule has 0 aliphatic carbocycles. The average Bonchev–Trinajstić information content (AvgIpc) is 2.28. The topological polar surface area (TPSA) is 72.8 Å². The van der Waals surface area contributed by atoms with E-state index in [0.717, 1.165) is 12.8 Å². The highest BCUT2D eigenvalue weighted by Gasteiger charge is 2.42. The van der Waals surface area contributed by atoms with Crippen molar-refractivity contribution in [3.8, 4) is 0 Å². The maximum absolute atomic E-state index is 11.6. The van der Waals surface area contributed by atoms with E-state index in [0.29, 0.717) is 6.61 Å². The predicted octanol–water partition coefficient (Wildman–Crippen LogP) is 1.85. The number of aliphatic carboxylic acids is 1. The van der Waals surface area contributed by atoms with Crippen molar-refractivity contribution in [1.82, 2.24) is 0 Å². The van der Waals surface area contributed by atoms with Crippen LogP contribution in [-0.4, -0.2) is 36.9 Å². The number of hydrogen-bond acceptors (Lipinski definition) is 4. The van der Waals surface area contributed by atoms with E-state index in [1.807, 2.05) is 6.92 Å². The minimum absolute atomic E-state index is 0.130. The van der Waals surface area contributed by atoms with Gasteiger partial charge in [0.15, 0.2) is 5.41 Å². The van der Waals surface area contributed by atoms with E-state index in [-0.39, 0.29) is 19.6 Å². The van der Waals surface area contributed by atoms with Crippen LogP contribution in [-0.2, 0) is 19.1 Å². The first-order chi connectivity index (χ1) is 7.99. The number of esters is 1. The van der Waals surface area contributed by atoms with Gasteiger partial charge in [-0.2, -0.15) is 0 Å². The molecule has 0 aliphatic rings. The fourth-order valence-electron chi connectivity index (χ4n) is 1.21. The van der Waals surface area contributed by atoms with Crippen LogP contribution in [0.15, 0.2) is 0 Å². The smallest absolute Gasteiger partial charge is 0.323 e. The minimum atomic E-state index is -1.51. The second-order valence-corrected chi connectivity index (χ2v) is 4.07. The van der Waals surface area contributed by atoms with Gasteiger partial charge in [-0.05, 0) is 26.7 Å². The van der Waals surface area contributed by atoms with Gasteiger partial charge in [0.05, 0.1) is 6.61 Å². The third-order valence-electron chi connectivity index (χ3n) is 2.59. The summed E-state index contributed by atoms with van der Waals surface area (Å²) in [6.45, 7) is 6.09. The first kappa shape index (κ1) is 15.9. The van der Waals surface area contributed by atoms with Crippen LogP contribution >= 0.6 is 0 Å². The van der Waals surface area contributed by atoms with Crippen molar-refractivity contribution < 1.29 is 24.2 Å². The highest BCUT2D eigenvalue weighted by atomic mass is 16.5. The molecular formula is C12H22O5. The zero-order valence-corrected chi connectivity index (χ0v) is 10.8. The molecule has 0 radical (unpaired) electrons. The molecule has 0 aliphatic heterocycles. The molecule has 0 saturated heterocycles. The Morgan fingerprint density at radius 1 is 1.24 bits per heavy atom. The summed E-state index contributed by atoms with van der Waals surface area (Å²) >= 11 is 0. The van der Waals surface area contributed by atoms with E-state index in [9.17, 15) is 9.59 Å². The fraction of sp³-hybridized carbons (Fsp3) is 0.833. The van der Waals surface area contributed by atoms with Crippen molar-refractivity contribution in [3.05, 3.63) is 0 Å². The summed E-state index contributed by atoms with van der Waals surface area (Å²) in [6.07, 6.45) is 2.09. The fourth-order valence-corrected chi connectivity index (χ4v) is 1.21. The van der Waals surface area contributed by atoms with Crippen LogP contribution < -0.4 is 0 Å². The molecule has 5 heteroatoms. The summed E-state index contributed by atoms with van der Waals surface area (Å²) in [7, 11) is 0. The van der Waals surface area contributed by atoms with Crippen LogP contribution in [0.4, 0.5) is 0 Å². The number of unbranched alkanes of at least 4 members (excludes halogenated alkanes) is 1. The Morgan fingerprint density at radius 2 is 1.88 bits per heavy atom. The Kier molecular flexibility index (Phi) is 7.54. The van der Waals surface area contributed by atoms with Gasteiger partial charge in [0, 0.05) is 13.2 Å². The Labute approximate surface area is 102 Å². The van der Waals surface area contributed by atoms with Crippen LogP contribution in [0.1, 0.15) is 40.0 Å². The van der Waals surface area contributed by atoms with Crippen molar-refractivity contribution in [2.75, 3.05) is 19.8 Å². The SMILES string of the molecule is CCCCOCCC(C)(C(=O)O)C(=O)OCC. The van der Waals surface area contributed by atoms with Crippen molar-refractivity contribution in [1.29, 1.82) is 0 Å². The normalized spacial score (nSPS) is 14.1. The van der Waals surface area contributed by atoms with Crippen molar-refractivity contribution in [2.24, 2.45) is 5.41 Å². The van der Waals surface area contributed by atoms with Gasteiger partial charge in [-0.1, -0.05) is 13.3 Å². The molecule has 0 spiro atoms. The van der Waals surface area contributed by atoms with Gasteiger partial charge in [-0.3, -0.25) is 9.59 Å². The molecule has 0 amide bonds. The van der Waals surface area contributed by atoms with Crippen LogP contribution in [0.2, 0.25) is 0 Å². The monoisotopic (exact) mass is 246 g/mol. The molecule has 0 aromatic carbocycles. The molecule has 0 fully saturated rings. The summed E-state index contributed by atoms with van der Waals surface area (Å²) in [5.41, 5.74) is -1.51. The summed E-state index contributed by atoms with van der Waals surface area (Å²) in [5, 5.41) is 9.08. The second kappa shape index (κ2) is 8.06. The van der Waals surface area contributed by atoms with Crippen LogP contribution in [0, 0.1) is 5.41 Å². The minimum Gasteiger partial charge on any atom is -0.480 e. The summed E-state index contributed by atoms with van der Waals surface area (Å²) < 4.78 is 10.0. The van der Waals surface area contributed by atoms with E-state index in [1.54, 1.807) is 6.92 Å². The molecule has 0 aromatic rings. The largest absolute Gasteiger partial charge is 0.480 e. The molecule has 0 bridgehead atoms. The van der Waals surface area contributed by atoms with E-state index >= 15 is 0 Å². The molecule has 1 atom stereocenters. The van der Waals surface area contributed by atoms with Gasteiger partial charge >= 0.3 is 11.9 Å². The van der Waals surface area contributed by atoms with Crippen molar-refractivity contribution in [2.45, 2.75) is 40.0 Å². The number of carboxylic acids is 1. The van der Waals surface area contributed by atoms with Crippen molar-refractivity contribution in [3.63, 3.8) is 0 Å². The molecule has 0 heterocycles. The van der Waals surface area contributed by atoms with Gasteiger partial charge in [0.25, 0.3) is 0 Å². The Morgan fingerprint density at radius 3 is 2.35 bits per heavy atom. The van der Waals surface area contributed by atoms with E-state index < -0.39 is 17.4 Å². The van der Waals surface area contributed by atoms with E-state index in [4.69, 9.17) is 14.6 Å². The van der Waals surface area contributed by atoms with Gasteiger partial charge in [0.2, 0.25) is 0 Å². The number of carbonyl (C=O) groups is 2. The highest BCUT2D eigenvalue weighted by molar-refractivity contribution is 5.98. The molecular weight excluding hydrogens is 224 g/mol. The van der Waals surface area contributed by atoms with E-state index in [1.165, 1.54) is 6.92 Å². The molecule has 0 rings (SSSR count). The number of rotatable bonds is 9. The lowest BCUT2D eigenvalue weighted by Gasteiger charge is -2.22. The van der Waals surface area contributed by atoms with Gasteiger partial charge in [-0.15, -0.1) is 0 Å². The number of carbonyl (C=O) groups excluding carboxylic acids is 1. The second-order valence-electron chi connectivity index (χ2n) is 4.07. The standard InChI is InChI=1S/C12H22O5/c1-4-6-8-16-9-7-12(3,10(13)14)11(15)17-5-2/h4-9H2,1-3H3,(H,13,14). The lowest BCUT2D eigenvalue weighted by Crippen LogP contribution is -2.39. The summed E-state index contributed by atoms with van der Waals surface area (Å²) in [5.74, 6) is -1.87. The molecule has 5 nitrogen and oxygen atoms in total. The van der Waals surface area contributed by atoms with Gasteiger partial charge in [-0.25, -0.2) is 0 Å². The molecule has 0 aromatic heterocycles. The van der Waals surface area contributed by atoms with Crippen molar-refractivity contribution >= 4 is 11.9 Å². The number of carboxylic acid groups (broad SMARTS) is 1. The van der Waals surface area contributed by atoms with Gasteiger partial charge < -0.3 is 14.6 Å². The maximum atomic E-state index is 11.6. The quantitative estimate of drug-likeness (QED) is 0.382. The Balaban J connectivity index is 4.22. The zero-order valence-electron chi connectivity index (χ0n) is 10.8. The molecule has 17 heavy (non-hydrogen) atoms. The third-order valence-corrected chi connectivity index (χ3v) is 2.59. The molecule has 100 valence electrons. The Bertz CT molecular complexity index is 251. The number of hydrogen-bond donors (Lipinski definition) is 1. The summed E-state index contributed by atoms with van der Waals surface area (Å²) in [4.78, 5) is 22.7. The Hall–Kier alpha value is -1.10. The van der Waals surface area contributed by atoms with Gasteiger partial charge in [0.1, 0.15) is 0 Å². The van der Waals surface area contributed by atoms with Crippen LogP contribution in [0.25, 0.3) is 0 Å². The third kappa shape index (κ3) is 5.17. The zero-order chi connectivity index (χ0) is 13.3. The van der Waals surface area contributed by atoms with E-state index in [2.05, 4.69) is 0 Å². The van der Waals surface area contributed by atoms with Crippen LogP contribution in [0.3, 0.4) is 0 Å². The first-order valence-electron chi connectivity index (χ1n) is 5.97. The molecule has 1 N–H and O–H groups in total.